The van der Waals surface area contributed by atoms with E-state index in [2.05, 4.69) is 27.7 Å². The third-order valence-electron chi connectivity index (χ3n) is 4.27. The van der Waals surface area contributed by atoms with Gasteiger partial charge >= 0.3 is 7.12 Å². The maximum absolute atomic E-state index is 12.9. The van der Waals surface area contributed by atoms with Crippen LogP contribution in [-0.4, -0.2) is 25.1 Å². The summed E-state index contributed by atoms with van der Waals surface area (Å²) in [5.74, 6) is 0.527. The molecule has 0 radical (unpaired) electrons. The predicted molar refractivity (Wildman–Crippen MR) is 89.9 cm³/mol. The minimum Gasteiger partial charge on any atom is -0.405 e. The zero-order valence-corrected chi connectivity index (χ0v) is 14.4. The van der Waals surface area contributed by atoms with Gasteiger partial charge in [0.2, 0.25) is 0 Å². The topological polar surface area (TPSA) is 35.5 Å². The van der Waals surface area contributed by atoms with Gasteiger partial charge in [-0.3, -0.25) is 4.79 Å². The molecule has 1 aromatic rings. The minimum absolute atomic E-state index is 0.0313. The summed E-state index contributed by atoms with van der Waals surface area (Å²) in [6.07, 6.45) is 2.07. The van der Waals surface area contributed by atoms with E-state index in [0.717, 1.165) is 0 Å². The van der Waals surface area contributed by atoms with Gasteiger partial charge < -0.3 is 9.31 Å². The van der Waals surface area contributed by atoms with Crippen molar-refractivity contribution in [3.05, 3.63) is 35.6 Å². The van der Waals surface area contributed by atoms with Crippen LogP contribution in [0.5, 0.6) is 0 Å². The molecule has 0 amide bonds. The van der Waals surface area contributed by atoms with Crippen molar-refractivity contribution in [2.24, 2.45) is 11.8 Å². The molecule has 1 aromatic carbocycles. The molecule has 0 spiro atoms. The summed E-state index contributed by atoms with van der Waals surface area (Å²) in [5.41, 5.74) is 0.555. The van der Waals surface area contributed by atoms with Crippen molar-refractivity contribution < 1.29 is 18.5 Å². The fraction of sp³-hybridized carbons (Fsp3) is 0.611. The molecule has 3 nitrogen and oxygen atoms in total. The molecule has 0 bridgehead atoms. The molecule has 1 saturated heterocycles. The standard InChI is InChI=1S/C18H26BFO3/c1-12(2)17-18(13(3)4)23-19(22-17)11-5-6-16(21)14-7-9-15(20)10-8-14/h7-10,12-13,17-18H,5-6,11H2,1-4H3/t17-,18-/m0/s1. The Labute approximate surface area is 138 Å². The molecule has 0 aromatic heterocycles. The van der Waals surface area contributed by atoms with E-state index in [0.29, 0.717) is 36.6 Å². The molecule has 126 valence electrons. The highest BCUT2D eigenvalue weighted by Gasteiger charge is 2.41. The van der Waals surface area contributed by atoms with Crippen LogP contribution in [0, 0.1) is 17.7 Å². The van der Waals surface area contributed by atoms with Crippen molar-refractivity contribution in [3.8, 4) is 0 Å². The molecule has 2 rings (SSSR count). The number of Topliss-reactive ketones (excluding diaryl/α,β-unsaturated/α-hetero) is 1. The molecule has 1 fully saturated rings. The summed E-state index contributed by atoms with van der Waals surface area (Å²) in [5, 5.41) is 0. The van der Waals surface area contributed by atoms with E-state index in [1.807, 2.05) is 0 Å². The Morgan fingerprint density at radius 1 is 1.09 bits per heavy atom. The maximum atomic E-state index is 12.9. The van der Waals surface area contributed by atoms with Crippen molar-refractivity contribution in [1.82, 2.24) is 0 Å². The largest absolute Gasteiger partial charge is 0.457 e. The lowest BCUT2D eigenvalue weighted by Gasteiger charge is -2.24. The molecule has 0 N–H and O–H groups in total. The summed E-state index contributed by atoms with van der Waals surface area (Å²) in [6.45, 7) is 8.57. The van der Waals surface area contributed by atoms with Crippen LogP contribution in [0.4, 0.5) is 4.39 Å². The van der Waals surface area contributed by atoms with Crippen LogP contribution < -0.4 is 0 Å². The van der Waals surface area contributed by atoms with E-state index >= 15 is 0 Å². The molecular weight excluding hydrogens is 294 g/mol. The number of rotatable bonds is 7. The molecule has 5 heteroatoms. The van der Waals surface area contributed by atoms with Crippen LogP contribution in [0.2, 0.25) is 6.32 Å². The molecule has 0 saturated carbocycles. The van der Waals surface area contributed by atoms with Crippen molar-refractivity contribution in [1.29, 1.82) is 0 Å². The average Bonchev–Trinajstić information content (AvgIpc) is 2.92. The van der Waals surface area contributed by atoms with Crippen molar-refractivity contribution >= 4 is 12.9 Å². The summed E-state index contributed by atoms with van der Waals surface area (Å²) in [4.78, 5) is 12.1. The maximum Gasteiger partial charge on any atom is 0.457 e. The summed E-state index contributed by atoms with van der Waals surface area (Å²) < 4.78 is 24.9. The van der Waals surface area contributed by atoms with Gasteiger partial charge in [-0.1, -0.05) is 27.7 Å². The van der Waals surface area contributed by atoms with E-state index in [4.69, 9.17) is 9.31 Å². The lowest BCUT2D eigenvalue weighted by atomic mass is 9.82. The van der Waals surface area contributed by atoms with Crippen LogP contribution in [0.1, 0.15) is 50.9 Å². The second kappa shape index (κ2) is 8.07. The van der Waals surface area contributed by atoms with Gasteiger partial charge in [-0.2, -0.15) is 0 Å². The van der Waals surface area contributed by atoms with Gasteiger partial charge in [-0.25, -0.2) is 4.39 Å². The summed E-state index contributed by atoms with van der Waals surface area (Å²) >= 11 is 0. The van der Waals surface area contributed by atoms with Crippen molar-refractivity contribution in [3.63, 3.8) is 0 Å². The van der Waals surface area contributed by atoms with Gasteiger partial charge in [-0.15, -0.1) is 0 Å². The Bertz CT molecular complexity index is 500. The van der Waals surface area contributed by atoms with E-state index in [1.54, 1.807) is 0 Å². The fourth-order valence-electron chi connectivity index (χ4n) is 2.96. The smallest absolute Gasteiger partial charge is 0.405 e. The third kappa shape index (κ3) is 4.89. The highest BCUT2D eigenvalue weighted by molar-refractivity contribution is 6.45. The number of hydrogen-bond donors (Lipinski definition) is 0. The molecule has 1 aliphatic heterocycles. The SMILES string of the molecule is CC(C)[C@@H]1OB(CCCC(=O)c2ccc(F)cc2)O[C@H]1C(C)C. The monoisotopic (exact) mass is 320 g/mol. The second-order valence-corrected chi connectivity index (χ2v) is 6.94. The zero-order valence-electron chi connectivity index (χ0n) is 14.4. The number of carbonyl (C=O) groups is 1. The molecule has 2 atom stereocenters. The number of benzene rings is 1. The summed E-state index contributed by atoms with van der Waals surface area (Å²) in [7, 11) is -0.226. The lowest BCUT2D eigenvalue weighted by molar-refractivity contribution is 0.0815. The van der Waals surface area contributed by atoms with Gasteiger partial charge in [0.25, 0.3) is 0 Å². The number of ketones is 1. The van der Waals surface area contributed by atoms with E-state index in [-0.39, 0.29) is 30.9 Å². The van der Waals surface area contributed by atoms with Crippen LogP contribution in [-0.2, 0) is 9.31 Å². The van der Waals surface area contributed by atoms with E-state index in [9.17, 15) is 9.18 Å². The predicted octanol–water partition coefficient (Wildman–Crippen LogP) is 4.37. The van der Waals surface area contributed by atoms with E-state index in [1.165, 1.54) is 24.3 Å². The number of hydrogen-bond acceptors (Lipinski definition) is 3. The second-order valence-electron chi connectivity index (χ2n) is 6.94. The highest BCUT2D eigenvalue weighted by Crippen LogP contribution is 2.30. The first-order valence-corrected chi connectivity index (χ1v) is 8.48. The van der Waals surface area contributed by atoms with Crippen LogP contribution in [0.25, 0.3) is 0 Å². The number of carbonyl (C=O) groups excluding carboxylic acids is 1. The number of halogens is 1. The Kier molecular flexibility index (Phi) is 6.37. The quantitative estimate of drug-likeness (QED) is 0.553. The normalized spacial score (nSPS) is 21.4. The molecule has 1 heterocycles. The van der Waals surface area contributed by atoms with Gasteiger partial charge in [0.15, 0.2) is 5.78 Å². The van der Waals surface area contributed by atoms with Gasteiger partial charge in [0.1, 0.15) is 5.82 Å². The van der Waals surface area contributed by atoms with Crippen LogP contribution >= 0.6 is 0 Å². The van der Waals surface area contributed by atoms with E-state index < -0.39 is 0 Å². The Morgan fingerprint density at radius 2 is 1.61 bits per heavy atom. The highest BCUT2D eigenvalue weighted by atomic mass is 19.1. The zero-order chi connectivity index (χ0) is 17.0. The lowest BCUT2D eigenvalue weighted by Crippen LogP contribution is -2.31. The molecule has 1 aliphatic rings. The first-order valence-electron chi connectivity index (χ1n) is 8.48. The van der Waals surface area contributed by atoms with Crippen LogP contribution in [0.3, 0.4) is 0 Å². The Hall–Kier alpha value is -1.20. The van der Waals surface area contributed by atoms with Crippen LogP contribution in [0.15, 0.2) is 24.3 Å². The summed E-state index contributed by atoms with van der Waals surface area (Å²) in [6, 6.07) is 5.70. The third-order valence-corrected chi connectivity index (χ3v) is 4.27. The van der Waals surface area contributed by atoms with Gasteiger partial charge in [0, 0.05) is 12.0 Å². The molecule has 0 aliphatic carbocycles. The van der Waals surface area contributed by atoms with Crippen molar-refractivity contribution in [2.75, 3.05) is 0 Å². The fourth-order valence-corrected chi connectivity index (χ4v) is 2.96. The van der Waals surface area contributed by atoms with Gasteiger partial charge in [-0.05, 0) is 48.8 Å². The molecule has 23 heavy (non-hydrogen) atoms. The first-order chi connectivity index (χ1) is 10.9. The average molecular weight is 320 g/mol. The van der Waals surface area contributed by atoms with Crippen molar-refractivity contribution in [2.45, 2.75) is 59.1 Å². The van der Waals surface area contributed by atoms with Gasteiger partial charge in [0.05, 0.1) is 12.2 Å². The minimum atomic E-state index is -0.325. The Morgan fingerprint density at radius 3 is 2.09 bits per heavy atom. The molecule has 0 unspecified atom stereocenters. The first kappa shape index (κ1) is 18.1. The Balaban J connectivity index is 1.80. The molecular formula is C18H26BFO3.